The van der Waals surface area contributed by atoms with Crippen LogP contribution in [0.5, 0.6) is 5.75 Å². The van der Waals surface area contributed by atoms with Crippen molar-refractivity contribution in [3.8, 4) is 5.75 Å². The number of nitrogens with one attached hydrogen (secondary N) is 1. The number of amides is 1. The summed E-state index contributed by atoms with van der Waals surface area (Å²) < 4.78 is 11.0. The first-order valence-corrected chi connectivity index (χ1v) is 10.6. The minimum atomic E-state index is -0.302. The number of benzene rings is 1. The Kier molecular flexibility index (Phi) is 6.34. The number of carbonyl (C=O) groups excluding carboxylic acids is 1. The third-order valence-electron chi connectivity index (χ3n) is 5.03. The molecule has 1 amide bonds. The normalized spacial score (nSPS) is 11.1. The zero-order valence-electron chi connectivity index (χ0n) is 18.5. The van der Waals surface area contributed by atoms with Crippen molar-refractivity contribution in [2.75, 3.05) is 5.32 Å². The molecule has 3 aromatic heterocycles. The molecule has 0 bridgehead atoms. The van der Waals surface area contributed by atoms with Crippen LogP contribution in [-0.2, 0) is 19.8 Å². The van der Waals surface area contributed by atoms with Crippen LogP contribution in [0.25, 0.3) is 0 Å². The number of aromatic nitrogens is 6. The molecule has 0 aliphatic heterocycles. The predicted molar refractivity (Wildman–Crippen MR) is 121 cm³/mol. The van der Waals surface area contributed by atoms with E-state index < -0.39 is 0 Å². The first kappa shape index (κ1) is 21.4. The van der Waals surface area contributed by atoms with Crippen LogP contribution < -0.4 is 10.1 Å². The Morgan fingerprint density at radius 3 is 2.53 bits per heavy atom. The van der Waals surface area contributed by atoms with E-state index in [2.05, 4.69) is 46.6 Å². The zero-order chi connectivity index (χ0) is 22.5. The van der Waals surface area contributed by atoms with Gasteiger partial charge in [0, 0.05) is 30.7 Å². The molecule has 0 fully saturated rings. The van der Waals surface area contributed by atoms with Crippen molar-refractivity contribution in [2.45, 2.75) is 46.5 Å². The van der Waals surface area contributed by atoms with E-state index in [1.54, 1.807) is 34.0 Å². The van der Waals surface area contributed by atoms with Crippen molar-refractivity contribution in [2.24, 2.45) is 0 Å². The van der Waals surface area contributed by atoms with Gasteiger partial charge in [-0.1, -0.05) is 26.0 Å². The number of ether oxygens (including phenoxy) is 1. The van der Waals surface area contributed by atoms with Crippen molar-refractivity contribution in [1.29, 1.82) is 0 Å². The smallest absolute Gasteiger partial charge is 0.276 e. The molecule has 9 heteroatoms. The van der Waals surface area contributed by atoms with Crippen molar-refractivity contribution in [3.63, 3.8) is 0 Å². The fourth-order valence-corrected chi connectivity index (χ4v) is 3.20. The van der Waals surface area contributed by atoms with Crippen molar-refractivity contribution >= 4 is 11.6 Å². The molecule has 9 nitrogen and oxygen atoms in total. The second-order valence-corrected chi connectivity index (χ2v) is 7.82. The summed E-state index contributed by atoms with van der Waals surface area (Å²) in [5.74, 6) is 0.930. The average Bonchev–Trinajstić information content (AvgIpc) is 3.54. The molecule has 3 heterocycles. The van der Waals surface area contributed by atoms with Gasteiger partial charge in [0.25, 0.3) is 5.91 Å². The van der Waals surface area contributed by atoms with E-state index in [0.29, 0.717) is 23.8 Å². The van der Waals surface area contributed by atoms with Crippen LogP contribution >= 0.6 is 0 Å². The topological polar surface area (TPSA) is 91.8 Å². The van der Waals surface area contributed by atoms with Gasteiger partial charge in [0.15, 0.2) is 12.4 Å². The van der Waals surface area contributed by atoms with Crippen LogP contribution in [0.3, 0.4) is 0 Å². The van der Waals surface area contributed by atoms with Gasteiger partial charge in [-0.25, -0.2) is 4.68 Å². The largest absolute Gasteiger partial charge is 0.471 e. The second kappa shape index (κ2) is 9.51. The van der Waals surface area contributed by atoms with Gasteiger partial charge in [0.2, 0.25) is 0 Å². The molecule has 0 radical (unpaired) electrons. The van der Waals surface area contributed by atoms with Gasteiger partial charge in [-0.3, -0.25) is 14.2 Å². The Morgan fingerprint density at radius 1 is 1.03 bits per heavy atom. The molecule has 0 atom stereocenters. The molecular weight excluding hydrogens is 406 g/mol. The number of nitrogens with zero attached hydrogens (tertiary/aromatic N) is 6. The van der Waals surface area contributed by atoms with E-state index in [4.69, 9.17) is 4.74 Å². The first-order valence-electron chi connectivity index (χ1n) is 10.6. The van der Waals surface area contributed by atoms with Crippen molar-refractivity contribution in [1.82, 2.24) is 29.3 Å². The highest BCUT2D eigenvalue weighted by molar-refractivity contribution is 6.02. The van der Waals surface area contributed by atoms with Gasteiger partial charge < -0.3 is 10.1 Å². The Hall–Kier alpha value is -3.88. The van der Waals surface area contributed by atoms with E-state index in [9.17, 15) is 4.79 Å². The van der Waals surface area contributed by atoms with Gasteiger partial charge in [-0.05, 0) is 36.6 Å². The lowest BCUT2D eigenvalue weighted by Gasteiger charge is -2.09. The third kappa shape index (κ3) is 5.23. The Balaban J connectivity index is 1.30. The van der Waals surface area contributed by atoms with E-state index in [0.717, 1.165) is 17.9 Å². The summed E-state index contributed by atoms with van der Waals surface area (Å²) in [5, 5.41) is 15.7. The summed E-state index contributed by atoms with van der Waals surface area (Å²) in [6.07, 6.45) is 8.90. The third-order valence-corrected chi connectivity index (χ3v) is 5.03. The standard InChI is InChI=1S/C23H27N7O2/c1-4-28-13-18(11-24-28)14-30-15-20(12-25-30)26-23(31)22-9-10-29(27-22)16-32-21-7-5-19(6-8-21)17(2)3/h5-13,15,17H,4,14,16H2,1-3H3,(H,26,31). The van der Waals surface area contributed by atoms with Gasteiger partial charge in [-0.2, -0.15) is 15.3 Å². The fraction of sp³-hybridized carbons (Fsp3) is 0.304. The molecule has 0 aliphatic carbocycles. The Labute approximate surface area is 186 Å². The van der Waals surface area contributed by atoms with E-state index in [1.807, 2.05) is 36.1 Å². The van der Waals surface area contributed by atoms with Gasteiger partial charge in [-0.15, -0.1) is 0 Å². The first-order chi connectivity index (χ1) is 15.5. The number of aryl methyl sites for hydroxylation is 1. The van der Waals surface area contributed by atoms with Crippen molar-refractivity contribution in [3.05, 3.63) is 78.1 Å². The van der Waals surface area contributed by atoms with Crippen LogP contribution in [0.1, 0.15) is 48.3 Å². The molecule has 32 heavy (non-hydrogen) atoms. The molecule has 0 aliphatic rings. The average molecular weight is 434 g/mol. The Morgan fingerprint density at radius 2 is 1.81 bits per heavy atom. The second-order valence-electron chi connectivity index (χ2n) is 7.82. The maximum atomic E-state index is 12.5. The molecule has 1 aromatic carbocycles. The highest BCUT2D eigenvalue weighted by Gasteiger charge is 2.12. The number of rotatable bonds is 9. The van der Waals surface area contributed by atoms with Crippen molar-refractivity contribution < 1.29 is 9.53 Å². The molecule has 0 unspecified atom stereocenters. The molecule has 4 rings (SSSR count). The highest BCUT2D eigenvalue weighted by atomic mass is 16.5. The molecule has 4 aromatic rings. The van der Waals surface area contributed by atoms with Crippen LogP contribution in [0.4, 0.5) is 5.69 Å². The number of hydrogen-bond donors (Lipinski definition) is 1. The van der Waals surface area contributed by atoms with E-state index in [1.165, 1.54) is 5.56 Å². The zero-order valence-corrected chi connectivity index (χ0v) is 18.5. The SMILES string of the molecule is CCn1cc(Cn2cc(NC(=O)c3ccn(COc4ccc(C(C)C)cc4)n3)cn2)cn1. The maximum Gasteiger partial charge on any atom is 0.276 e. The van der Waals surface area contributed by atoms with E-state index in [-0.39, 0.29) is 12.6 Å². The minimum Gasteiger partial charge on any atom is -0.471 e. The predicted octanol–water partition coefficient (Wildman–Crippen LogP) is 3.76. The number of hydrogen-bond acceptors (Lipinski definition) is 5. The lowest BCUT2D eigenvalue weighted by molar-refractivity contribution is 0.102. The van der Waals surface area contributed by atoms with Gasteiger partial charge in [0.1, 0.15) is 5.75 Å². The molecule has 0 saturated carbocycles. The quantitative estimate of drug-likeness (QED) is 0.434. The van der Waals surface area contributed by atoms with Crippen LogP contribution in [0.2, 0.25) is 0 Å². The summed E-state index contributed by atoms with van der Waals surface area (Å²) >= 11 is 0. The van der Waals surface area contributed by atoms with Crippen LogP contribution in [0, 0.1) is 0 Å². The number of carbonyl (C=O) groups is 1. The summed E-state index contributed by atoms with van der Waals surface area (Å²) in [6, 6.07) is 9.65. The van der Waals surface area contributed by atoms with Gasteiger partial charge in [0.05, 0.1) is 24.6 Å². The molecule has 0 spiro atoms. The molecular formula is C23H27N7O2. The molecule has 166 valence electrons. The Bertz CT molecular complexity index is 1170. The summed E-state index contributed by atoms with van der Waals surface area (Å²) in [5.41, 5.74) is 3.22. The monoisotopic (exact) mass is 433 g/mol. The molecule has 1 N–H and O–H groups in total. The summed E-state index contributed by atoms with van der Waals surface area (Å²) in [7, 11) is 0. The minimum absolute atomic E-state index is 0.220. The summed E-state index contributed by atoms with van der Waals surface area (Å²) in [6.45, 7) is 7.97. The summed E-state index contributed by atoms with van der Waals surface area (Å²) in [4.78, 5) is 12.5. The van der Waals surface area contributed by atoms with Crippen LogP contribution in [0.15, 0.2) is 61.3 Å². The highest BCUT2D eigenvalue weighted by Crippen LogP contribution is 2.19. The maximum absolute atomic E-state index is 12.5. The van der Waals surface area contributed by atoms with Gasteiger partial charge >= 0.3 is 0 Å². The lowest BCUT2D eigenvalue weighted by atomic mass is 10.0. The fourth-order valence-electron chi connectivity index (χ4n) is 3.20. The lowest BCUT2D eigenvalue weighted by Crippen LogP contribution is -2.14. The van der Waals surface area contributed by atoms with Crippen LogP contribution in [-0.4, -0.2) is 35.2 Å². The van der Waals surface area contributed by atoms with E-state index >= 15 is 0 Å². The number of anilines is 1. The molecule has 0 saturated heterocycles.